The van der Waals surface area contributed by atoms with E-state index in [4.69, 9.17) is 4.84 Å². The van der Waals surface area contributed by atoms with Gasteiger partial charge in [0.1, 0.15) is 0 Å². The Balaban J connectivity index is 1.68. The van der Waals surface area contributed by atoms with Gasteiger partial charge in [-0.3, -0.25) is 19.3 Å². The standard InChI is InChI=1S/C19H14N2O5/c22-16-9-10-17(23)21(16)26-19(25)18(24)20-14-7-3-1-5-12(14)11-13-6-2-4-8-15(13)20/h1-8H,9-11H2. The monoisotopic (exact) mass is 350 g/mol. The van der Waals surface area contributed by atoms with Crippen LogP contribution in [-0.4, -0.2) is 28.8 Å². The second kappa shape index (κ2) is 6.11. The Bertz CT molecular complexity index is 891. The highest BCUT2D eigenvalue weighted by molar-refractivity contribution is 6.40. The van der Waals surface area contributed by atoms with Gasteiger partial charge in [-0.15, -0.1) is 5.06 Å². The van der Waals surface area contributed by atoms with Crippen molar-refractivity contribution in [3.8, 4) is 0 Å². The average Bonchev–Trinajstić information content (AvgIpc) is 2.97. The normalized spacial score (nSPS) is 15.5. The van der Waals surface area contributed by atoms with Gasteiger partial charge in [-0.2, -0.15) is 0 Å². The molecule has 26 heavy (non-hydrogen) atoms. The Morgan fingerprint density at radius 2 is 1.31 bits per heavy atom. The molecule has 130 valence electrons. The third kappa shape index (κ3) is 2.54. The molecular weight excluding hydrogens is 336 g/mol. The molecule has 3 amide bonds. The highest BCUT2D eigenvalue weighted by Gasteiger charge is 2.38. The van der Waals surface area contributed by atoms with Crippen LogP contribution in [0.15, 0.2) is 48.5 Å². The Labute approximate surface area is 148 Å². The van der Waals surface area contributed by atoms with Crippen LogP contribution in [-0.2, 0) is 30.4 Å². The van der Waals surface area contributed by atoms with Gasteiger partial charge in [0.15, 0.2) is 0 Å². The van der Waals surface area contributed by atoms with Crippen LogP contribution in [0.3, 0.4) is 0 Å². The molecule has 2 aromatic rings. The molecule has 0 saturated carbocycles. The van der Waals surface area contributed by atoms with Gasteiger partial charge >= 0.3 is 11.9 Å². The minimum Gasteiger partial charge on any atom is -0.320 e. The smallest absolute Gasteiger partial charge is 0.320 e. The van der Waals surface area contributed by atoms with Gasteiger partial charge in [0.25, 0.3) is 11.8 Å². The fourth-order valence-electron chi connectivity index (χ4n) is 3.18. The molecule has 4 rings (SSSR count). The summed E-state index contributed by atoms with van der Waals surface area (Å²) in [6, 6.07) is 14.5. The number of rotatable bonds is 1. The SMILES string of the molecule is O=C(ON1C(=O)CCC1=O)C(=O)N1c2ccccc2Cc2ccccc21. The molecule has 0 spiro atoms. The molecular formula is C19H14N2O5. The number of imide groups is 1. The molecule has 0 aliphatic carbocycles. The van der Waals surface area contributed by atoms with Crippen LogP contribution in [0.25, 0.3) is 0 Å². The predicted molar refractivity (Wildman–Crippen MR) is 90.0 cm³/mol. The number of para-hydroxylation sites is 2. The number of hydrogen-bond donors (Lipinski definition) is 0. The van der Waals surface area contributed by atoms with E-state index in [1.165, 1.54) is 4.90 Å². The number of nitrogens with zero attached hydrogens (tertiary/aromatic N) is 2. The van der Waals surface area contributed by atoms with Crippen molar-refractivity contribution in [1.82, 2.24) is 5.06 Å². The number of carbonyl (C=O) groups excluding carboxylic acids is 4. The van der Waals surface area contributed by atoms with Crippen LogP contribution in [0, 0.1) is 0 Å². The second-order valence-electron chi connectivity index (χ2n) is 6.04. The molecule has 2 aliphatic rings. The highest BCUT2D eigenvalue weighted by atomic mass is 16.7. The Morgan fingerprint density at radius 3 is 1.85 bits per heavy atom. The molecule has 2 aliphatic heterocycles. The average molecular weight is 350 g/mol. The molecule has 0 unspecified atom stereocenters. The quantitative estimate of drug-likeness (QED) is 0.579. The van der Waals surface area contributed by atoms with E-state index in [9.17, 15) is 19.2 Å². The molecule has 0 bridgehead atoms. The van der Waals surface area contributed by atoms with Crippen molar-refractivity contribution in [2.45, 2.75) is 19.3 Å². The first-order valence-corrected chi connectivity index (χ1v) is 8.14. The summed E-state index contributed by atoms with van der Waals surface area (Å²) in [6.07, 6.45) is 0.569. The summed E-state index contributed by atoms with van der Waals surface area (Å²) in [5.41, 5.74) is 2.93. The number of amides is 3. The molecule has 0 N–H and O–H groups in total. The molecule has 7 nitrogen and oxygen atoms in total. The van der Waals surface area contributed by atoms with E-state index in [0.29, 0.717) is 22.9 Å². The summed E-state index contributed by atoms with van der Waals surface area (Å²) in [5, 5.41) is 0.377. The van der Waals surface area contributed by atoms with Crippen molar-refractivity contribution in [2.75, 3.05) is 4.90 Å². The minimum atomic E-state index is -1.28. The van der Waals surface area contributed by atoms with Crippen LogP contribution in [0.4, 0.5) is 11.4 Å². The van der Waals surface area contributed by atoms with Crippen molar-refractivity contribution >= 4 is 35.1 Å². The number of fused-ring (bicyclic) bond motifs is 2. The fraction of sp³-hybridized carbons (Fsp3) is 0.158. The number of hydrogen-bond acceptors (Lipinski definition) is 5. The maximum absolute atomic E-state index is 12.8. The van der Waals surface area contributed by atoms with Crippen molar-refractivity contribution in [2.24, 2.45) is 0 Å². The fourth-order valence-corrected chi connectivity index (χ4v) is 3.18. The van der Waals surface area contributed by atoms with Gasteiger partial charge in [0, 0.05) is 19.3 Å². The van der Waals surface area contributed by atoms with E-state index in [1.54, 1.807) is 24.3 Å². The Hall–Kier alpha value is -3.48. The number of anilines is 2. The summed E-state index contributed by atoms with van der Waals surface area (Å²) in [5.74, 6) is -3.50. The van der Waals surface area contributed by atoms with Gasteiger partial charge in [0.05, 0.1) is 11.4 Å². The van der Waals surface area contributed by atoms with Gasteiger partial charge in [-0.1, -0.05) is 36.4 Å². The molecule has 0 radical (unpaired) electrons. The maximum atomic E-state index is 12.8. The lowest BCUT2D eigenvalue weighted by Crippen LogP contribution is -2.41. The van der Waals surface area contributed by atoms with Crippen LogP contribution in [0.2, 0.25) is 0 Å². The lowest BCUT2D eigenvalue weighted by Gasteiger charge is -2.30. The third-order valence-electron chi connectivity index (χ3n) is 4.40. The van der Waals surface area contributed by atoms with Crippen LogP contribution >= 0.6 is 0 Å². The summed E-state index contributed by atoms with van der Waals surface area (Å²) >= 11 is 0. The first-order chi connectivity index (χ1) is 12.6. The van der Waals surface area contributed by atoms with Crippen LogP contribution < -0.4 is 4.90 Å². The van der Waals surface area contributed by atoms with Crippen LogP contribution in [0.5, 0.6) is 0 Å². The maximum Gasteiger partial charge on any atom is 0.422 e. The number of carbonyl (C=O) groups is 4. The number of benzene rings is 2. The first kappa shape index (κ1) is 16.0. The van der Waals surface area contributed by atoms with Gasteiger partial charge in [-0.05, 0) is 23.3 Å². The van der Waals surface area contributed by atoms with Crippen LogP contribution in [0.1, 0.15) is 24.0 Å². The Morgan fingerprint density at radius 1 is 0.808 bits per heavy atom. The van der Waals surface area contributed by atoms with E-state index in [1.807, 2.05) is 24.3 Å². The lowest BCUT2D eigenvalue weighted by molar-refractivity contribution is -0.197. The predicted octanol–water partition coefficient (Wildman–Crippen LogP) is 1.86. The molecule has 0 atom stereocenters. The lowest BCUT2D eigenvalue weighted by atomic mass is 9.95. The van der Waals surface area contributed by atoms with Crippen molar-refractivity contribution in [3.05, 3.63) is 59.7 Å². The molecule has 0 aromatic heterocycles. The minimum absolute atomic E-state index is 0.0321. The van der Waals surface area contributed by atoms with E-state index in [0.717, 1.165) is 11.1 Å². The zero-order valence-corrected chi connectivity index (χ0v) is 13.7. The van der Waals surface area contributed by atoms with Crippen molar-refractivity contribution in [1.29, 1.82) is 0 Å². The first-order valence-electron chi connectivity index (χ1n) is 8.14. The van der Waals surface area contributed by atoms with Crippen molar-refractivity contribution in [3.63, 3.8) is 0 Å². The zero-order chi connectivity index (χ0) is 18.3. The van der Waals surface area contributed by atoms with E-state index in [-0.39, 0.29) is 12.8 Å². The Kier molecular flexibility index (Phi) is 3.76. The topological polar surface area (TPSA) is 84.0 Å². The highest BCUT2D eigenvalue weighted by Crippen LogP contribution is 2.38. The van der Waals surface area contributed by atoms with E-state index < -0.39 is 23.7 Å². The van der Waals surface area contributed by atoms with E-state index in [2.05, 4.69) is 0 Å². The van der Waals surface area contributed by atoms with E-state index >= 15 is 0 Å². The molecule has 7 heteroatoms. The third-order valence-corrected chi connectivity index (χ3v) is 4.40. The summed E-state index contributed by atoms with van der Waals surface area (Å²) in [7, 11) is 0. The van der Waals surface area contributed by atoms with Gasteiger partial charge < -0.3 is 4.84 Å². The van der Waals surface area contributed by atoms with Gasteiger partial charge in [0.2, 0.25) is 0 Å². The molecule has 2 heterocycles. The zero-order valence-electron chi connectivity index (χ0n) is 13.7. The molecule has 2 aromatic carbocycles. The van der Waals surface area contributed by atoms with Gasteiger partial charge in [-0.25, -0.2) is 4.79 Å². The summed E-state index contributed by atoms with van der Waals surface area (Å²) in [6.45, 7) is 0. The largest absolute Gasteiger partial charge is 0.422 e. The second-order valence-corrected chi connectivity index (χ2v) is 6.04. The summed E-state index contributed by atoms with van der Waals surface area (Å²) < 4.78 is 0. The molecule has 1 fully saturated rings. The number of hydroxylamine groups is 2. The molecule has 1 saturated heterocycles. The summed E-state index contributed by atoms with van der Waals surface area (Å²) in [4.78, 5) is 54.5. The van der Waals surface area contributed by atoms with Crippen molar-refractivity contribution < 1.29 is 24.0 Å².